The molecule has 1 aromatic carbocycles. The Bertz CT molecular complexity index is 881. The predicted molar refractivity (Wildman–Crippen MR) is 81.4 cm³/mol. The van der Waals surface area contributed by atoms with Crippen molar-refractivity contribution in [1.82, 2.24) is 15.1 Å². The quantitative estimate of drug-likeness (QED) is 0.688. The summed E-state index contributed by atoms with van der Waals surface area (Å²) in [5.74, 6) is -0.407. The number of aromatic nitrogens is 3. The second-order valence-electron chi connectivity index (χ2n) is 4.90. The number of hydrogen-bond donors (Lipinski definition) is 0. The second kappa shape index (κ2) is 6.20. The van der Waals surface area contributed by atoms with Crippen molar-refractivity contribution in [3.63, 3.8) is 0 Å². The molecule has 0 saturated heterocycles. The first-order valence-electron chi connectivity index (χ1n) is 6.94. The molecule has 0 aliphatic heterocycles. The van der Waals surface area contributed by atoms with Crippen LogP contribution in [0.4, 0.5) is 0 Å². The van der Waals surface area contributed by atoms with Gasteiger partial charge >= 0.3 is 0 Å². The van der Waals surface area contributed by atoms with E-state index < -0.39 is 5.92 Å². The number of ketones is 1. The number of hydrogen-bond acceptors (Lipinski definition) is 6. The Balaban J connectivity index is 1.95. The zero-order chi connectivity index (χ0) is 16.2. The van der Waals surface area contributed by atoms with E-state index >= 15 is 0 Å². The van der Waals surface area contributed by atoms with Crippen molar-refractivity contribution in [2.24, 2.45) is 0 Å². The van der Waals surface area contributed by atoms with E-state index in [0.717, 1.165) is 0 Å². The van der Waals surface area contributed by atoms with Gasteiger partial charge in [0.2, 0.25) is 11.7 Å². The molecule has 112 valence electrons. The molecule has 0 saturated carbocycles. The number of carbonyl (C=O) groups excluding carboxylic acids is 1. The van der Waals surface area contributed by atoms with Crippen LogP contribution in [0.15, 0.2) is 53.2 Å². The molecule has 0 unspecified atom stereocenters. The monoisotopic (exact) mass is 304 g/mol. The van der Waals surface area contributed by atoms with Crippen LogP contribution >= 0.6 is 0 Å². The van der Waals surface area contributed by atoms with Gasteiger partial charge in [0, 0.05) is 24.2 Å². The fraction of sp³-hybridized carbons (Fsp3) is 0.118. The van der Waals surface area contributed by atoms with Crippen molar-refractivity contribution in [2.75, 3.05) is 0 Å². The van der Waals surface area contributed by atoms with Gasteiger partial charge in [-0.25, -0.2) is 0 Å². The molecule has 3 aromatic rings. The van der Waals surface area contributed by atoms with Crippen LogP contribution in [0.3, 0.4) is 0 Å². The Hall–Kier alpha value is -3.33. The summed E-state index contributed by atoms with van der Waals surface area (Å²) in [6.45, 7) is 1.69. The Morgan fingerprint density at radius 3 is 2.78 bits per heavy atom. The fourth-order valence-corrected chi connectivity index (χ4v) is 2.20. The van der Waals surface area contributed by atoms with Gasteiger partial charge in [0.15, 0.2) is 11.7 Å². The van der Waals surface area contributed by atoms with Crippen LogP contribution in [0.2, 0.25) is 0 Å². The van der Waals surface area contributed by atoms with Gasteiger partial charge in [0.25, 0.3) is 0 Å². The van der Waals surface area contributed by atoms with Crippen LogP contribution in [0.1, 0.15) is 27.9 Å². The third kappa shape index (κ3) is 2.99. The first-order valence-corrected chi connectivity index (χ1v) is 6.94. The minimum Gasteiger partial charge on any atom is -0.339 e. The van der Waals surface area contributed by atoms with Gasteiger partial charge in [0.05, 0.1) is 11.8 Å². The van der Waals surface area contributed by atoms with Crippen LogP contribution in [0.5, 0.6) is 0 Å². The molecule has 6 nitrogen and oxygen atoms in total. The van der Waals surface area contributed by atoms with Crippen molar-refractivity contribution in [1.29, 1.82) is 5.26 Å². The van der Waals surface area contributed by atoms with Crippen molar-refractivity contribution < 1.29 is 9.32 Å². The highest BCUT2D eigenvalue weighted by Gasteiger charge is 2.23. The van der Waals surface area contributed by atoms with Gasteiger partial charge in [-0.15, -0.1) is 0 Å². The number of aryl methyl sites for hydroxylation is 1. The van der Waals surface area contributed by atoms with Gasteiger partial charge in [-0.1, -0.05) is 29.4 Å². The largest absolute Gasteiger partial charge is 0.339 e. The van der Waals surface area contributed by atoms with Gasteiger partial charge in [0.1, 0.15) is 0 Å². The van der Waals surface area contributed by atoms with Gasteiger partial charge < -0.3 is 4.52 Å². The maximum absolute atomic E-state index is 12.6. The van der Waals surface area contributed by atoms with Gasteiger partial charge in [-0.2, -0.15) is 10.2 Å². The lowest BCUT2D eigenvalue weighted by Gasteiger charge is -2.08. The predicted octanol–water partition coefficient (Wildman–Crippen LogP) is 2.93. The minimum absolute atomic E-state index is 0.312. The lowest BCUT2D eigenvalue weighted by Crippen LogP contribution is -2.12. The molecular formula is C17H12N4O2. The summed E-state index contributed by atoms with van der Waals surface area (Å²) in [4.78, 5) is 20.9. The van der Waals surface area contributed by atoms with Gasteiger partial charge in [-0.3, -0.25) is 9.78 Å². The summed E-state index contributed by atoms with van der Waals surface area (Å²) in [7, 11) is 0. The number of rotatable bonds is 4. The normalized spacial score (nSPS) is 11.7. The van der Waals surface area contributed by atoms with Crippen LogP contribution in [-0.2, 0) is 0 Å². The first kappa shape index (κ1) is 14.6. The molecule has 0 aliphatic carbocycles. The number of pyridine rings is 1. The molecule has 2 aromatic heterocycles. The molecule has 1 atom stereocenters. The van der Waals surface area contributed by atoms with Crippen LogP contribution in [-0.4, -0.2) is 20.9 Å². The highest BCUT2D eigenvalue weighted by atomic mass is 16.5. The average molecular weight is 304 g/mol. The lowest BCUT2D eigenvalue weighted by molar-refractivity contribution is 0.0977. The average Bonchev–Trinajstić information content (AvgIpc) is 3.03. The van der Waals surface area contributed by atoms with Gasteiger partial charge in [-0.05, 0) is 18.2 Å². The molecule has 3 rings (SSSR count). The SMILES string of the molecule is Cc1nc(-c2cccc(C(=O)[C@H](C#N)c3ccccn3)c2)no1. The summed E-state index contributed by atoms with van der Waals surface area (Å²) < 4.78 is 4.95. The summed E-state index contributed by atoms with van der Waals surface area (Å²) in [5, 5.41) is 13.2. The molecule has 0 N–H and O–H groups in total. The Kier molecular flexibility index (Phi) is 3.93. The maximum atomic E-state index is 12.6. The molecular weight excluding hydrogens is 292 g/mol. The Morgan fingerprint density at radius 1 is 1.26 bits per heavy atom. The number of benzene rings is 1. The number of carbonyl (C=O) groups is 1. The molecule has 6 heteroatoms. The first-order chi connectivity index (χ1) is 11.2. The zero-order valence-corrected chi connectivity index (χ0v) is 12.3. The molecule has 0 radical (unpaired) electrons. The summed E-state index contributed by atoms with van der Waals surface area (Å²) >= 11 is 0. The Labute approximate surface area is 132 Å². The summed E-state index contributed by atoms with van der Waals surface area (Å²) in [5.41, 5.74) is 1.49. The van der Waals surface area contributed by atoms with Crippen molar-refractivity contribution in [3.8, 4) is 17.5 Å². The van der Waals surface area contributed by atoms with Crippen LogP contribution < -0.4 is 0 Å². The third-order valence-corrected chi connectivity index (χ3v) is 3.31. The second-order valence-corrected chi connectivity index (χ2v) is 4.90. The highest BCUT2D eigenvalue weighted by Crippen LogP contribution is 2.22. The topological polar surface area (TPSA) is 92.7 Å². The van der Waals surface area contributed by atoms with E-state index in [-0.39, 0.29) is 5.78 Å². The molecule has 2 heterocycles. The molecule has 23 heavy (non-hydrogen) atoms. The van der Waals surface area contributed by atoms with E-state index in [1.165, 1.54) is 0 Å². The molecule has 0 amide bonds. The molecule has 0 fully saturated rings. The standard InChI is InChI=1S/C17H12N4O2/c1-11-20-17(21-23-11)13-6-4-5-12(9-13)16(22)14(10-18)15-7-2-3-8-19-15/h2-9,14H,1H3/t14-/m1/s1. The van der Waals surface area contributed by atoms with E-state index in [9.17, 15) is 10.1 Å². The van der Waals surface area contributed by atoms with E-state index in [1.807, 2.05) is 6.07 Å². The highest BCUT2D eigenvalue weighted by molar-refractivity contribution is 6.03. The van der Waals surface area contributed by atoms with Crippen LogP contribution in [0.25, 0.3) is 11.4 Å². The Morgan fingerprint density at radius 2 is 2.13 bits per heavy atom. The van der Waals surface area contributed by atoms with E-state index in [2.05, 4.69) is 15.1 Å². The molecule has 0 spiro atoms. The molecule has 0 bridgehead atoms. The number of nitriles is 1. The lowest BCUT2D eigenvalue weighted by atomic mass is 9.94. The fourth-order valence-electron chi connectivity index (χ4n) is 2.20. The van der Waals surface area contributed by atoms with E-state index in [1.54, 1.807) is 55.6 Å². The zero-order valence-electron chi connectivity index (χ0n) is 12.3. The van der Waals surface area contributed by atoms with Crippen molar-refractivity contribution >= 4 is 5.78 Å². The maximum Gasteiger partial charge on any atom is 0.223 e. The summed E-state index contributed by atoms with van der Waals surface area (Å²) in [6.07, 6.45) is 1.56. The van der Waals surface area contributed by atoms with E-state index in [4.69, 9.17) is 4.52 Å². The van der Waals surface area contributed by atoms with E-state index in [0.29, 0.717) is 28.5 Å². The smallest absolute Gasteiger partial charge is 0.223 e. The van der Waals surface area contributed by atoms with Crippen molar-refractivity contribution in [3.05, 3.63) is 65.8 Å². The summed E-state index contributed by atoms with van der Waals surface area (Å²) in [6, 6.07) is 14.0. The minimum atomic E-state index is -0.946. The van der Waals surface area contributed by atoms with Crippen molar-refractivity contribution in [2.45, 2.75) is 12.8 Å². The molecule has 0 aliphatic rings. The third-order valence-electron chi connectivity index (χ3n) is 3.31. The number of nitrogens with zero attached hydrogens (tertiary/aromatic N) is 4. The van der Waals surface area contributed by atoms with Crippen LogP contribution in [0, 0.1) is 18.3 Å². The number of Topliss-reactive ketones (excluding diaryl/α,β-unsaturated/α-hetero) is 1.